The maximum atomic E-state index is 13.2. The molecule has 8 nitrogen and oxygen atoms in total. The standard InChI is InChI=1S/C18H20FN3O5S/c1-4-16(21(28(3,26)27)14-10-8-13(19)9-11-14)18(23)20-15-6-5-7-17(12(15)2)22(24)25/h5-11,16H,4H2,1-3H3,(H,20,23)/t16-/m1/s1. The predicted octanol–water partition coefficient (Wildman–Crippen LogP) is 3.23. The van der Waals surface area contributed by atoms with Gasteiger partial charge in [0.2, 0.25) is 15.9 Å². The summed E-state index contributed by atoms with van der Waals surface area (Å²) in [7, 11) is -3.87. The number of rotatable bonds is 7. The van der Waals surface area contributed by atoms with Crippen molar-refractivity contribution in [1.82, 2.24) is 0 Å². The van der Waals surface area contributed by atoms with Crippen LogP contribution >= 0.6 is 0 Å². The summed E-state index contributed by atoms with van der Waals surface area (Å²) in [5, 5.41) is 13.6. The van der Waals surface area contributed by atoms with Crippen molar-refractivity contribution in [3.8, 4) is 0 Å². The molecule has 28 heavy (non-hydrogen) atoms. The first-order valence-electron chi connectivity index (χ1n) is 8.36. The van der Waals surface area contributed by atoms with Gasteiger partial charge >= 0.3 is 0 Å². The summed E-state index contributed by atoms with van der Waals surface area (Å²) in [6, 6.07) is 7.84. The molecule has 0 bridgehead atoms. The molecule has 2 rings (SSSR count). The second kappa shape index (κ2) is 8.34. The molecule has 0 heterocycles. The summed E-state index contributed by atoms with van der Waals surface area (Å²) < 4.78 is 38.8. The summed E-state index contributed by atoms with van der Waals surface area (Å²) >= 11 is 0. The lowest BCUT2D eigenvalue weighted by molar-refractivity contribution is -0.385. The zero-order valence-corrected chi connectivity index (χ0v) is 16.4. The van der Waals surface area contributed by atoms with E-state index in [0.29, 0.717) is 0 Å². The molecule has 0 aliphatic rings. The number of benzene rings is 2. The van der Waals surface area contributed by atoms with Crippen molar-refractivity contribution in [3.63, 3.8) is 0 Å². The van der Waals surface area contributed by atoms with Gasteiger partial charge in [-0.2, -0.15) is 0 Å². The van der Waals surface area contributed by atoms with Crippen LogP contribution in [0.2, 0.25) is 0 Å². The fourth-order valence-electron chi connectivity index (χ4n) is 2.82. The highest BCUT2D eigenvalue weighted by atomic mass is 32.2. The number of nitro groups is 1. The van der Waals surface area contributed by atoms with Crippen LogP contribution in [-0.2, 0) is 14.8 Å². The molecule has 2 aromatic rings. The molecule has 0 radical (unpaired) electrons. The Morgan fingerprint density at radius 1 is 1.25 bits per heavy atom. The second-order valence-corrected chi connectivity index (χ2v) is 8.01. The number of halogens is 1. The van der Waals surface area contributed by atoms with Crippen LogP contribution in [0.4, 0.5) is 21.5 Å². The zero-order chi connectivity index (χ0) is 21.1. The number of carbonyl (C=O) groups excluding carboxylic acids is 1. The van der Waals surface area contributed by atoms with Gasteiger partial charge in [-0.3, -0.25) is 19.2 Å². The van der Waals surface area contributed by atoms with Crippen molar-refractivity contribution in [1.29, 1.82) is 0 Å². The third kappa shape index (κ3) is 4.63. The fourth-order valence-corrected chi connectivity index (χ4v) is 4.03. The molecule has 0 spiro atoms. The molecule has 1 amide bonds. The molecular formula is C18H20FN3O5S. The van der Waals surface area contributed by atoms with Gasteiger partial charge in [0, 0.05) is 6.07 Å². The topological polar surface area (TPSA) is 110 Å². The highest BCUT2D eigenvalue weighted by Crippen LogP contribution is 2.27. The van der Waals surface area contributed by atoms with Gasteiger partial charge in [0.15, 0.2) is 0 Å². The molecule has 0 aromatic heterocycles. The lowest BCUT2D eigenvalue weighted by atomic mass is 10.1. The first-order chi connectivity index (χ1) is 13.1. The lowest BCUT2D eigenvalue weighted by Gasteiger charge is -2.30. The number of nitrogens with one attached hydrogen (secondary N) is 1. The van der Waals surface area contributed by atoms with Crippen molar-refractivity contribution >= 4 is 33.0 Å². The molecule has 0 saturated heterocycles. The molecule has 2 aromatic carbocycles. The molecule has 150 valence electrons. The molecular weight excluding hydrogens is 389 g/mol. The Bertz CT molecular complexity index is 993. The van der Waals surface area contributed by atoms with E-state index in [1.54, 1.807) is 6.92 Å². The van der Waals surface area contributed by atoms with Crippen molar-refractivity contribution in [3.05, 3.63) is 64.0 Å². The Balaban J connectivity index is 2.41. The molecule has 1 N–H and O–H groups in total. The first-order valence-corrected chi connectivity index (χ1v) is 10.2. The second-order valence-electron chi connectivity index (χ2n) is 6.16. The van der Waals surface area contributed by atoms with E-state index < -0.39 is 32.7 Å². The van der Waals surface area contributed by atoms with Gasteiger partial charge in [-0.1, -0.05) is 13.0 Å². The number of nitro benzene ring substituents is 1. The summed E-state index contributed by atoms with van der Waals surface area (Å²) in [5.41, 5.74) is 0.444. The number of hydrogen-bond donors (Lipinski definition) is 1. The monoisotopic (exact) mass is 409 g/mol. The molecule has 0 unspecified atom stereocenters. The van der Waals surface area contributed by atoms with Crippen LogP contribution in [-0.4, -0.2) is 31.5 Å². The third-order valence-electron chi connectivity index (χ3n) is 4.17. The summed E-state index contributed by atoms with van der Waals surface area (Å²) in [6.45, 7) is 3.12. The van der Waals surface area contributed by atoms with Gasteiger partial charge < -0.3 is 5.32 Å². The number of anilines is 2. The lowest BCUT2D eigenvalue weighted by Crippen LogP contribution is -2.47. The van der Waals surface area contributed by atoms with E-state index in [4.69, 9.17) is 0 Å². The van der Waals surface area contributed by atoms with E-state index in [2.05, 4.69) is 5.32 Å². The number of amides is 1. The molecule has 0 fully saturated rings. The van der Waals surface area contributed by atoms with E-state index in [1.807, 2.05) is 0 Å². The van der Waals surface area contributed by atoms with Crippen LogP contribution in [0.3, 0.4) is 0 Å². The Hall–Kier alpha value is -3.01. The van der Waals surface area contributed by atoms with Gasteiger partial charge in [-0.05, 0) is 43.7 Å². The van der Waals surface area contributed by atoms with Crippen LogP contribution in [0.25, 0.3) is 0 Å². The van der Waals surface area contributed by atoms with E-state index in [9.17, 15) is 27.7 Å². The Kier molecular flexibility index (Phi) is 6.34. The molecule has 10 heteroatoms. The molecule has 0 aliphatic carbocycles. The number of hydrogen-bond acceptors (Lipinski definition) is 5. The Labute approximate surface area is 162 Å². The van der Waals surface area contributed by atoms with E-state index in [0.717, 1.165) is 22.7 Å². The van der Waals surface area contributed by atoms with E-state index >= 15 is 0 Å². The van der Waals surface area contributed by atoms with Crippen molar-refractivity contribution in [2.75, 3.05) is 15.9 Å². The number of nitrogens with zero attached hydrogens (tertiary/aromatic N) is 2. The van der Waals surface area contributed by atoms with Gasteiger partial charge in [0.1, 0.15) is 11.9 Å². The molecule has 0 aliphatic heterocycles. The zero-order valence-electron chi connectivity index (χ0n) is 15.5. The van der Waals surface area contributed by atoms with Gasteiger partial charge in [0.05, 0.1) is 28.1 Å². The van der Waals surface area contributed by atoms with Crippen molar-refractivity contribution < 1.29 is 22.5 Å². The quantitative estimate of drug-likeness (QED) is 0.558. The first kappa shape index (κ1) is 21.3. The van der Waals surface area contributed by atoms with Crippen LogP contribution in [0.1, 0.15) is 18.9 Å². The minimum Gasteiger partial charge on any atom is -0.324 e. The molecule has 0 saturated carbocycles. The van der Waals surface area contributed by atoms with Crippen LogP contribution < -0.4 is 9.62 Å². The number of sulfonamides is 1. The summed E-state index contributed by atoms with van der Waals surface area (Å²) in [4.78, 5) is 23.4. The van der Waals surface area contributed by atoms with Crippen LogP contribution in [0, 0.1) is 22.9 Å². The van der Waals surface area contributed by atoms with Crippen LogP contribution in [0.5, 0.6) is 0 Å². The minimum absolute atomic E-state index is 0.129. The number of carbonyl (C=O) groups is 1. The average molecular weight is 409 g/mol. The molecule has 1 atom stereocenters. The summed E-state index contributed by atoms with van der Waals surface area (Å²) in [5.74, 6) is -1.19. The maximum Gasteiger partial charge on any atom is 0.274 e. The largest absolute Gasteiger partial charge is 0.324 e. The van der Waals surface area contributed by atoms with Crippen molar-refractivity contribution in [2.45, 2.75) is 26.3 Å². The van der Waals surface area contributed by atoms with Gasteiger partial charge in [-0.25, -0.2) is 12.8 Å². The van der Waals surface area contributed by atoms with Crippen LogP contribution in [0.15, 0.2) is 42.5 Å². The fraction of sp³-hybridized carbons (Fsp3) is 0.278. The summed E-state index contributed by atoms with van der Waals surface area (Å²) in [6.07, 6.45) is 1.08. The highest BCUT2D eigenvalue weighted by molar-refractivity contribution is 7.92. The van der Waals surface area contributed by atoms with Crippen molar-refractivity contribution in [2.24, 2.45) is 0 Å². The maximum absolute atomic E-state index is 13.2. The van der Waals surface area contributed by atoms with Gasteiger partial charge in [0.25, 0.3) is 5.69 Å². The highest BCUT2D eigenvalue weighted by Gasteiger charge is 2.32. The smallest absolute Gasteiger partial charge is 0.274 e. The average Bonchev–Trinajstić information content (AvgIpc) is 2.61. The predicted molar refractivity (Wildman–Crippen MR) is 104 cm³/mol. The van der Waals surface area contributed by atoms with E-state index in [-0.39, 0.29) is 29.0 Å². The SMILES string of the molecule is CC[C@H](C(=O)Nc1cccc([N+](=O)[O-])c1C)N(c1ccc(F)cc1)S(C)(=O)=O. The minimum atomic E-state index is -3.87. The Morgan fingerprint density at radius 3 is 2.36 bits per heavy atom. The Morgan fingerprint density at radius 2 is 1.86 bits per heavy atom. The van der Waals surface area contributed by atoms with Gasteiger partial charge in [-0.15, -0.1) is 0 Å². The normalized spacial score (nSPS) is 12.3. The third-order valence-corrected chi connectivity index (χ3v) is 5.35. The van der Waals surface area contributed by atoms with E-state index in [1.165, 1.54) is 37.3 Å².